The van der Waals surface area contributed by atoms with E-state index >= 15 is 0 Å². The summed E-state index contributed by atoms with van der Waals surface area (Å²) in [6.07, 6.45) is 4.37. The monoisotopic (exact) mass is 311 g/mol. The number of hydrogen-bond acceptors (Lipinski definition) is 4. The van der Waals surface area contributed by atoms with Gasteiger partial charge in [0.05, 0.1) is 10.5 Å². The van der Waals surface area contributed by atoms with Crippen LogP contribution in [-0.2, 0) is 0 Å². The molecule has 0 bridgehead atoms. The number of para-hydroxylation sites is 1. The maximum absolute atomic E-state index is 12.3. The maximum atomic E-state index is 12.3. The summed E-state index contributed by atoms with van der Waals surface area (Å²) in [5, 5.41) is 11.0. The van der Waals surface area contributed by atoms with Crippen LogP contribution in [0, 0.1) is 10.1 Å². The van der Waals surface area contributed by atoms with E-state index in [4.69, 9.17) is 0 Å². The number of aromatic nitrogens is 1. The van der Waals surface area contributed by atoms with Gasteiger partial charge in [-0.1, -0.05) is 18.2 Å². The number of hydrogen-bond donors (Lipinski definition) is 0. The first-order valence-electron chi connectivity index (χ1n) is 7.16. The van der Waals surface area contributed by atoms with Gasteiger partial charge >= 0.3 is 0 Å². The summed E-state index contributed by atoms with van der Waals surface area (Å²) in [6.45, 7) is 3.84. The van der Waals surface area contributed by atoms with Crippen LogP contribution in [-0.4, -0.2) is 21.4 Å². The van der Waals surface area contributed by atoms with Crippen LogP contribution < -0.4 is 5.49 Å². The average Bonchev–Trinajstić information content (AvgIpc) is 2.52. The summed E-state index contributed by atoms with van der Waals surface area (Å²) >= 11 is 0. The number of pyridine rings is 1. The van der Waals surface area contributed by atoms with E-state index in [-0.39, 0.29) is 17.6 Å². The van der Waals surface area contributed by atoms with Crippen LogP contribution in [0.2, 0.25) is 0 Å². The van der Waals surface area contributed by atoms with Gasteiger partial charge in [-0.15, -0.1) is 0 Å². The fourth-order valence-corrected chi connectivity index (χ4v) is 2.03. The summed E-state index contributed by atoms with van der Waals surface area (Å²) in [6, 6.07) is 11.6. The lowest BCUT2D eigenvalue weighted by molar-refractivity contribution is -0.385. The zero-order valence-corrected chi connectivity index (χ0v) is 12.9. The van der Waals surface area contributed by atoms with Gasteiger partial charge in [0.15, 0.2) is 0 Å². The van der Waals surface area contributed by atoms with Crippen LogP contribution in [0.3, 0.4) is 0 Å². The predicted octanol–water partition coefficient (Wildman–Crippen LogP) is 3.06. The lowest BCUT2D eigenvalue weighted by Crippen LogP contribution is -2.26. The average molecular weight is 311 g/mol. The molecule has 1 heterocycles. The lowest BCUT2D eigenvalue weighted by Gasteiger charge is -2.04. The number of benzene rings is 1. The van der Waals surface area contributed by atoms with Crippen molar-refractivity contribution in [2.45, 2.75) is 19.9 Å². The van der Waals surface area contributed by atoms with E-state index in [0.717, 1.165) is 0 Å². The molecule has 2 rings (SSSR count). The van der Waals surface area contributed by atoms with Gasteiger partial charge in [-0.05, 0) is 38.1 Å². The van der Waals surface area contributed by atoms with Crippen molar-refractivity contribution in [3.05, 3.63) is 75.9 Å². The Bertz CT molecular complexity index is 820. The fourth-order valence-electron chi connectivity index (χ4n) is 2.03. The molecule has 0 aliphatic carbocycles. The Balaban J connectivity index is 2.36. The van der Waals surface area contributed by atoms with Crippen molar-refractivity contribution < 1.29 is 9.72 Å². The van der Waals surface area contributed by atoms with E-state index in [2.05, 4.69) is 4.99 Å². The Morgan fingerprint density at radius 1 is 1.22 bits per heavy atom. The first kappa shape index (κ1) is 16.4. The summed E-state index contributed by atoms with van der Waals surface area (Å²) in [4.78, 5) is 27.2. The van der Waals surface area contributed by atoms with Gasteiger partial charge in [-0.2, -0.15) is 0 Å². The van der Waals surface area contributed by atoms with Gasteiger partial charge in [-0.25, -0.2) is 0 Å². The van der Waals surface area contributed by atoms with E-state index in [1.54, 1.807) is 42.6 Å². The first-order valence-corrected chi connectivity index (χ1v) is 7.16. The van der Waals surface area contributed by atoms with E-state index in [9.17, 15) is 14.9 Å². The van der Waals surface area contributed by atoms with Crippen LogP contribution in [0.25, 0.3) is 6.08 Å². The molecule has 0 N–H and O–H groups in total. The van der Waals surface area contributed by atoms with Gasteiger partial charge in [-0.3, -0.25) is 24.5 Å². The van der Waals surface area contributed by atoms with Crippen molar-refractivity contribution in [1.82, 2.24) is 4.57 Å². The van der Waals surface area contributed by atoms with Crippen molar-refractivity contribution >= 4 is 17.7 Å². The molecule has 2 aromatic rings. The molecule has 1 aromatic carbocycles. The van der Waals surface area contributed by atoms with Crippen LogP contribution in [0.4, 0.5) is 5.69 Å². The second kappa shape index (κ2) is 7.31. The summed E-state index contributed by atoms with van der Waals surface area (Å²) < 4.78 is 1.41. The minimum absolute atomic E-state index is 0.0401. The second-order valence-corrected chi connectivity index (χ2v) is 5.14. The van der Waals surface area contributed by atoms with Crippen molar-refractivity contribution in [3.8, 4) is 0 Å². The van der Waals surface area contributed by atoms with Gasteiger partial charge in [0.1, 0.15) is 5.49 Å². The molecule has 0 saturated heterocycles. The third-order valence-electron chi connectivity index (χ3n) is 3.01. The molecule has 0 spiro atoms. The Labute approximate surface area is 133 Å². The number of rotatable bonds is 4. The third kappa shape index (κ3) is 4.23. The van der Waals surface area contributed by atoms with Crippen LogP contribution in [0.1, 0.15) is 24.2 Å². The summed E-state index contributed by atoms with van der Waals surface area (Å²) in [5.74, 6) is -0.317. The standard InChI is InChI=1S/C17H17N3O3/c1-13(2)18-16-9-5-6-12-19(16)17(21)11-10-14-7-3-4-8-15(14)20(22)23/h3-13H,1-2H3/b11-10+,18-16?. The van der Waals surface area contributed by atoms with Crippen LogP contribution in [0.5, 0.6) is 0 Å². The normalized spacial score (nSPS) is 12.0. The number of nitro benzene ring substituents is 1. The smallest absolute Gasteiger partial charge is 0.269 e. The Kier molecular flexibility index (Phi) is 5.19. The topological polar surface area (TPSA) is 77.5 Å². The number of nitrogens with zero attached hydrogens (tertiary/aromatic N) is 3. The van der Waals surface area contributed by atoms with Gasteiger partial charge < -0.3 is 0 Å². The van der Waals surface area contributed by atoms with Gasteiger partial charge in [0.25, 0.3) is 11.6 Å². The molecule has 118 valence electrons. The molecule has 0 aliphatic heterocycles. The molecule has 6 heteroatoms. The molecule has 0 fully saturated rings. The van der Waals surface area contributed by atoms with E-state index in [1.807, 2.05) is 13.8 Å². The molecular formula is C17H17N3O3. The SMILES string of the molecule is CC(C)N=c1ccccn1C(=O)/C=C/c1ccccc1[N+](=O)[O-]. The lowest BCUT2D eigenvalue weighted by atomic mass is 10.1. The molecule has 0 atom stereocenters. The molecule has 0 saturated carbocycles. The maximum Gasteiger partial charge on any atom is 0.276 e. The molecule has 0 unspecified atom stereocenters. The summed E-state index contributed by atoms with van der Waals surface area (Å²) in [5.41, 5.74) is 0.881. The molecule has 23 heavy (non-hydrogen) atoms. The van der Waals surface area contributed by atoms with Gasteiger partial charge in [0, 0.05) is 24.4 Å². The minimum Gasteiger partial charge on any atom is -0.269 e. The van der Waals surface area contributed by atoms with E-state index < -0.39 is 4.92 Å². The highest BCUT2D eigenvalue weighted by molar-refractivity contribution is 5.94. The Morgan fingerprint density at radius 3 is 2.61 bits per heavy atom. The Morgan fingerprint density at radius 2 is 1.91 bits per heavy atom. The van der Waals surface area contributed by atoms with Crippen LogP contribution >= 0.6 is 0 Å². The first-order chi connectivity index (χ1) is 11.0. The molecule has 0 amide bonds. The number of nitro groups is 1. The Hall–Kier alpha value is -3.02. The molecular weight excluding hydrogens is 294 g/mol. The fraction of sp³-hybridized carbons (Fsp3) is 0.176. The number of carbonyl (C=O) groups is 1. The van der Waals surface area contributed by atoms with Crippen molar-refractivity contribution in [2.75, 3.05) is 0 Å². The molecule has 1 aromatic heterocycles. The zero-order valence-electron chi connectivity index (χ0n) is 12.9. The molecule has 0 aliphatic rings. The highest BCUT2D eigenvalue weighted by atomic mass is 16.6. The van der Waals surface area contributed by atoms with Gasteiger partial charge in [0.2, 0.25) is 0 Å². The van der Waals surface area contributed by atoms with Crippen molar-refractivity contribution in [3.63, 3.8) is 0 Å². The van der Waals surface area contributed by atoms with E-state index in [1.165, 1.54) is 22.8 Å². The highest BCUT2D eigenvalue weighted by Crippen LogP contribution is 2.18. The third-order valence-corrected chi connectivity index (χ3v) is 3.01. The summed E-state index contributed by atoms with van der Waals surface area (Å²) in [7, 11) is 0. The second-order valence-electron chi connectivity index (χ2n) is 5.14. The molecule has 6 nitrogen and oxygen atoms in total. The van der Waals surface area contributed by atoms with Crippen molar-refractivity contribution in [2.24, 2.45) is 4.99 Å². The van der Waals surface area contributed by atoms with Crippen molar-refractivity contribution in [1.29, 1.82) is 0 Å². The zero-order chi connectivity index (χ0) is 16.8. The van der Waals surface area contributed by atoms with Crippen LogP contribution in [0.15, 0.2) is 59.7 Å². The number of carbonyl (C=O) groups excluding carboxylic acids is 1. The molecule has 0 radical (unpaired) electrons. The minimum atomic E-state index is -0.473. The number of allylic oxidation sites excluding steroid dienone is 1. The van der Waals surface area contributed by atoms with E-state index in [0.29, 0.717) is 11.1 Å². The quantitative estimate of drug-likeness (QED) is 0.494. The highest BCUT2D eigenvalue weighted by Gasteiger charge is 2.10. The largest absolute Gasteiger partial charge is 0.276 e. The predicted molar refractivity (Wildman–Crippen MR) is 87.9 cm³/mol.